The molecule has 2 bridgehead atoms. The van der Waals surface area contributed by atoms with Crippen molar-refractivity contribution in [2.45, 2.75) is 44.3 Å². The van der Waals surface area contributed by atoms with Crippen LogP contribution in [0.3, 0.4) is 0 Å². The number of rotatable bonds is 3. The summed E-state index contributed by atoms with van der Waals surface area (Å²) in [6.45, 7) is 5.27. The Bertz CT molecular complexity index is 459. The van der Waals surface area contributed by atoms with Gasteiger partial charge in [0, 0.05) is 37.8 Å². The quantitative estimate of drug-likeness (QED) is 0.916. The van der Waals surface area contributed by atoms with Crippen molar-refractivity contribution in [3.8, 4) is 0 Å². The molecule has 1 aromatic carbocycles. The van der Waals surface area contributed by atoms with Crippen molar-refractivity contribution in [1.29, 1.82) is 0 Å². The van der Waals surface area contributed by atoms with Gasteiger partial charge in [-0.15, -0.1) is 0 Å². The molecule has 2 aliphatic rings. The average molecular weight is 273 g/mol. The minimum Gasteiger partial charge on any atom is -0.329 e. The molecule has 2 saturated heterocycles. The van der Waals surface area contributed by atoms with Crippen molar-refractivity contribution in [2.24, 2.45) is 5.73 Å². The fourth-order valence-corrected chi connectivity index (χ4v) is 4.05. The van der Waals surface area contributed by atoms with E-state index in [1.54, 1.807) is 0 Å². The molecule has 3 heteroatoms. The lowest BCUT2D eigenvalue weighted by Crippen LogP contribution is -2.40. The number of hydrogen-bond donors (Lipinski definition) is 1. The lowest BCUT2D eigenvalue weighted by atomic mass is 9.98. The fourth-order valence-electron chi connectivity index (χ4n) is 4.05. The maximum Gasteiger partial charge on any atom is 0.0473 e. The number of likely N-dealkylation sites (N-methyl/N-ethyl adjacent to an activating group) is 1. The molecule has 110 valence electrons. The van der Waals surface area contributed by atoms with Gasteiger partial charge in [-0.25, -0.2) is 0 Å². The van der Waals surface area contributed by atoms with Crippen LogP contribution in [0.15, 0.2) is 24.3 Å². The van der Waals surface area contributed by atoms with Crippen molar-refractivity contribution < 1.29 is 0 Å². The summed E-state index contributed by atoms with van der Waals surface area (Å²) < 4.78 is 0. The molecule has 2 N–H and O–H groups in total. The summed E-state index contributed by atoms with van der Waals surface area (Å²) >= 11 is 0. The van der Waals surface area contributed by atoms with Crippen molar-refractivity contribution >= 4 is 0 Å². The summed E-state index contributed by atoms with van der Waals surface area (Å²) in [6, 6.07) is 10.6. The van der Waals surface area contributed by atoms with Crippen molar-refractivity contribution in [2.75, 3.05) is 26.7 Å². The topological polar surface area (TPSA) is 32.5 Å². The summed E-state index contributed by atoms with van der Waals surface area (Å²) in [5.41, 5.74) is 8.91. The van der Waals surface area contributed by atoms with Gasteiger partial charge >= 0.3 is 0 Å². The Kier molecular flexibility index (Phi) is 4.11. The van der Waals surface area contributed by atoms with Crippen LogP contribution in [0.5, 0.6) is 0 Å². The third-order valence-corrected chi connectivity index (χ3v) is 5.39. The first-order chi connectivity index (χ1) is 9.70. The zero-order valence-electron chi connectivity index (χ0n) is 12.8. The van der Waals surface area contributed by atoms with E-state index in [0.717, 1.165) is 12.1 Å². The average Bonchev–Trinajstić information content (AvgIpc) is 2.68. The minimum absolute atomic E-state index is 0.379. The Hall–Kier alpha value is -0.900. The smallest absolute Gasteiger partial charge is 0.0473 e. The maximum absolute atomic E-state index is 6.13. The molecule has 2 fully saturated rings. The summed E-state index contributed by atoms with van der Waals surface area (Å²) in [4.78, 5) is 5.23. The molecule has 3 unspecified atom stereocenters. The second-order valence-electron chi connectivity index (χ2n) is 6.44. The Morgan fingerprint density at radius 1 is 1.20 bits per heavy atom. The lowest BCUT2D eigenvalue weighted by molar-refractivity contribution is 0.174. The Morgan fingerprint density at radius 2 is 1.95 bits per heavy atom. The van der Waals surface area contributed by atoms with Gasteiger partial charge in [0.25, 0.3) is 0 Å². The maximum atomic E-state index is 6.13. The molecule has 0 aromatic heterocycles. The van der Waals surface area contributed by atoms with Crippen molar-refractivity contribution in [3.05, 3.63) is 35.4 Å². The summed E-state index contributed by atoms with van der Waals surface area (Å²) in [6.07, 6.45) is 4.02. The van der Waals surface area contributed by atoms with Gasteiger partial charge in [0.05, 0.1) is 0 Å². The number of benzene rings is 1. The highest BCUT2D eigenvalue weighted by Gasteiger charge is 2.36. The van der Waals surface area contributed by atoms with E-state index in [1.807, 2.05) is 0 Å². The van der Waals surface area contributed by atoms with Crippen LogP contribution in [0.2, 0.25) is 0 Å². The predicted molar refractivity (Wildman–Crippen MR) is 83.7 cm³/mol. The molecule has 0 spiro atoms. The Labute approximate surface area is 122 Å². The fraction of sp³-hybridized carbons (Fsp3) is 0.647. The van der Waals surface area contributed by atoms with Gasteiger partial charge in [-0.3, -0.25) is 9.80 Å². The molecule has 0 aliphatic carbocycles. The summed E-state index contributed by atoms with van der Waals surface area (Å²) in [5.74, 6) is 0. The Balaban J connectivity index is 1.82. The molecule has 20 heavy (non-hydrogen) atoms. The van der Waals surface area contributed by atoms with Gasteiger partial charge in [0.15, 0.2) is 0 Å². The molecule has 1 aromatic rings. The van der Waals surface area contributed by atoms with E-state index >= 15 is 0 Å². The van der Waals surface area contributed by atoms with Crippen LogP contribution in [-0.2, 0) is 0 Å². The zero-order valence-corrected chi connectivity index (χ0v) is 12.8. The zero-order chi connectivity index (χ0) is 14.1. The van der Waals surface area contributed by atoms with E-state index in [9.17, 15) is 0 Å². The van der Waals surface area contributed by atoms with E-state index < -0.39 is 0 Å². The number of aryl methyl sites for hydroxylation is 1. The van der Waals surface area contributed by atoms with Crippen LogP contribution in [0.4, 0.5) is 0 Å². The van der Waals surface area contributed by atoms with Crippen LogP contribution >= 0.6 is 0 Å². The second-order valence-corrected chi connectivity index (χ2v) is 6.44. The third-order valence-electron chi connectivity index (χ3n) is 5.39. The molecule has 3 rings (SSSR count). The molecular formula is C17H27N3. The lowest BCUT2D eigenvalue weighted by Gasteiger charge is -2.33. The van der Waals surface area contributed by atoms with Crippen LogP contribution in [-0.4, -0.2) is 48.6 Å². The number of nitrogens with zero attached hydrogens (tertiary/aromatic N) is 2. The minimum atomic E-state index is 0.379. The molecule has 2 aliphatic heterocycles. The summed E-state index contributed by atoms with van der Waals surface area (Å²) in [5, 5.41) is 0. The van der Waals surface area contributed by atoms with E-state index in [4.69, 9.17) is 5.73 Å². The Morgan fingerprint density at radius 3 is 2.70 bits per heavy atom. The molecule has 0 amide bonds. The van der Waals surface area contributed by atoms with Crippen LogP contribution in [0.25, 0.3) is 0 Å². The standard InChI is InChI=1S/C17H27N3/c1-13-5-3-4-6-16(13)17(11-18)20-10-9-14-7-8-15(12-20)19(14)2/h3-6,14-15,17H,7-12,18H2,1-2H3. The monoisotopic (exact) mass is 273 g/mol. The first-order valence-corrected chi connectivity index (χ1v) is 7.92. The molecule has 3 nitrogen and oxygen atoms in total. The SMILES string of the molecule is Cc1ccccc1C(CN)N1CCC2CCC(C1)N2C. The molecular weight excluding hydrogens is 246 g/mol. The first kappa shape index (κ1) is 14.1. The van der Waals surface area contributed by atoms with Gasteiger partial charge in [-0.05, 0) is 44.4 Å². The van der Waals surface area contributed by atoms with Gasteiger partial charge in [0.2, 0.25) is 0 Å². The first-order valence-electron chi connectivity index (χ1n) is 7.92. The number of nitrogens with two attached hydrogens (primary N) is 1. The highest BCUT2D eigenvalue weighted by Crippen LogP contribution is 2.32. The van der Waals surface area contributed by atoms with E-state index in [-0.39, 0.29) is 0 Å². The van der Waals surface area contributed by atoms with E-state index in [0.29, 0.717) is 12.6 Å². The van der Waals surface area contributed by atoms with Crippen LogP contribution in [0.1, 0.15) is 36.4 Å². The van der Waals surface area contributed by atoms with Crippen LogP contribution < -0.4 is 5.73 Å². The van der Waals surface area contributed by atoms with Gasteiger partial charge < -0.3 is 5.73 Å². The normalized spacial score (nSPS) is 29.4. The largest absolute Gasteiger partial charge is 0.329 e. The number of hydrogen-bond acceptors (Lipinski definition) is 3. The van der Waals surface area contributed by atoms with Crippen LogP contribution in [0, 0.1) is 6.92 Å². The van der Waals surface area contributed by atoms with E-state index in [2.05, 4.69) is 48.0 Å². The summed E-state index contributed by atoms with van der Waals surface area (Å²) in [7, 11) is 2.30. The van der Waals surface area contributed by atoms with Crippen molar-refractivity contribution in [3.63, 3.8) is 0 Å². The van der Waals surface area contributed by atoms with Gasteiger partial charge in [0.1, 0.15) is 0 Å². The van der Waals surface area contributed by atoms with Gasteiger partial charge in [-0.1, -0.05) is 24.3 Å². The number of likely N-dealkylation sites (tertiary alicyclic amines) is 1. The van der Waals surface area contributed by atoms with Crippen molar-refractivity contribution in [1.82, 2.24) is 9.80 Å². The molecule has 3 atom stereocenters. The highest BCUT2D eigenvalue weighted by molar-refractivity contribution is 5.29. The molecule has 2 heterocycles. The van der Waals surface area contributed by atoms with Gasteiger partial charge in [-0.2, -0.15) is 0 Å². The molecule has 0 saturated carbocycles. The predicted octanol–water partition coefficient (Wildman–Crippen LogP) is 2.16. The second kappa shape index (κ2) is 5.84. The number of fused-ring (bicyclic) bond motifs is 2. The molecule has 0 radical (unpaired) electrons. The van der Waals surface area contributed by atoms with E-state index in [1.165, 1.54) is 43.5 Å². The third kappa shape index (κ3) is 2.50. The highest BCUT2D eigenvalue weighted by atomic mass is 15.3.